The zero-order chi connectivity index (χ0) is 12.8. The minimum Gasteiger partial charge on any atom is -0.382 e. The highest BCUT2D eigenvalue weighted by atomic mass is 32.2. The van der Waals surface area contributed by atoms with Gasteiger partial charge in [-0.05, 0) is 5.41 Å². The first kappa shape index (κ1) is 12.5. The summed E-state index contributed by atoms with van der Waals surface area (Å²) in [5, 5.41) is 0.448. The number of fused-ring (bicyclic) bond motifs is 1. The van der Waals surface area contributed by atoms with Crippen molar-refractivity contribution in [1.82, 2.24) is 9.21 Å². The second-order valence-electron chi connectivity index (χ2n) is 4.20. The molecule has 0 spiro atoms. The van der Waals surface area contributed by atoms with Crippen LogP contribution in [0.2, 0.25) is 0 Å². The maximum atomic E-state index is 12.2. The molecule has 0 aromatic heterocycles. The molecule has 0 bridgehead atoms. The maximum absolute atomic E-state index is 12.2. The van der Waals surface area contributed by atoms with Gasteiger partial charge in [0.25, 0.3) is 0 Å². The lowest BCUT2D eigenvalue weighted by Crippen LogP contribution is -2.50. The van der Waals surface area contributed by atoms with Gasteiger partial charge in [0.05, 0.1) is 5.25 Å². The number of hydrogen-bond acceptors (Lipinski definition) is 5. The molecular formula is C10H14N2O3S2. The Morgan fingerprint density at radius 1 is 1.47 bits per heavy atom. The maximum Gasteiger partial charge on any atom is 0.243 e. The van der Waals surface area contributed by atoms with E-state index in [4.69, 9.17) is 0 Å². The van der Waals surface area contributed by atoms with Crippen molar-refractivity contribution in [1.29, 1.82) is 0 Å². The highest BCUT2D eigenvalue weighted by Crippen LogP contribution is 2.38. The zero-order valence-corrected chi connectivity index (χ0v) is 11.5. The summed E-state index contributed by atoms with van der Waals surface area (Å²) in [5.74, 6) is -0.129. The molecule has 0 aromatic carbocycles. The average molecular weight is 274 g/mol. The topological polar surface area (TPSA) is 57.7 Å². The molecule has 0 aliphatic carbocycles. The molecule has 2 atom stereocenters. The third kappa shape index (κ3) is 1.87. The fourth-order valence-corrected chi connectivity index (χ4v) is 4.98. The second kappa shape index (κ2) is 4.06. The Labute approximate surface area is 105 Å². The number of allylic oxidation sites excluding steroid dienone is 1. The Balaban J connectivity index is 2.50. The van der Waals surface area contributed by atoms with Gasteiger partial charge in [-0.3, -0.25) is 9.10 Å². The van der Waals surface area contributed by atoms with Gasteiger partial charge >= 0.3 is 0 Å². The summed E-state index contributed by atoms with van der Waals surface area (Å²) in [4.78, 5) is 13.9. The first-order chi connectivity index (χ1) is 7.85. The fourth-order valence-electron chi connectivity index (χ4n) is 1.86. The van der Waals surface area contributed by atoms with Crippen molar-refractivity contribution in [2.45, 2.75) is 10.5 Å². The number of hydrogen-bond donors (Lipinski definition) is 0. The quantitative estimate of drug-likeness (QED) is 0.641. The Morgan fingerprint density at radius 3 is 2.71 bits per heavy atom. The number of carbonyl (C=O) groups excluding carboxylic acids is 1. The second-order valence-corrected chi connectivity index (χ2v) is 7.38. The third-order valence-electron chi connectivity index (χ3n) is 2.75. The van der Waals surface area contributed by atoms with Gasteiger partial charge in [-0.1, -0.05) is 6.08 Å². The molecule has 1 saturated heterocycles. The van der Waals surface area contributed by atoms with Gasteiger partial charge in [0, 0.05) is 27.3 Å². The Hall–Kier alpha value is -0.950. The standard InChI is InChI=1S/C10H14N2O3S2/c1-11(2)6-7-9(13)10-8(4-5-16-10)17(14,15)12(7)3/h4-6,8,10H,1-3H3/b7-6+/t8-,10+/m0/s1. The summed E-state index contributed by atoms with van der Waals surface area (Å²) in [6.45, 7) is 0. The van der Waals surface area contributed by atoms with Crippen LogP contribution in [0.25, 0.3) is 0 Å². The van der Waals surface area contributed by atoms with Crippen LogP contribution in [0, 0.1) is 0 Å². The molecule has 0 radical (unpaired) electrons. The molecule has 5 nitrogen and oxygen atoms in total. The van der Waals surface area contributed by atoms with E-state index in [1.54, 1.807) is 36.7 Å². The predicted octanol–water partition coefficient (Wildman–Crippen LogP) is 0.231. The molecule has 17 heavy (non-hydrogen) atoms. The number of ketones is 1. The first-order valence-electron chi connectivity index (χ1n) is 5.08. The zero-order valence-electron chi connectivity index (χ0n) is 9.82. The number of rotatable bonds is 1. The van der Waals surface area contributed by atoms with Crippen molar-refractivity contribution in [2.75, 3.05) is 21.1 Å². The average Bonchev–Trinajstić information content (AvgIpc) is 2.71. The van der Waals surface area contributed by atoms with Gasteiger partial charge < -0.3 is 4.90 Å². The van der Waals surface area contributed by atoms with Crippen LogP contribution >= 0.6 is 11.8 Å². The van der Waals surface area contributed by atoms with E-state index in [-0.39, 0.29) is 11.5 Å². The molecular weight excluding hydrogens is 260 g/mol. The van der Waals surface area contributed by atoms with Gasteiger partial charge in [0.1, 0.15) is 10.9 Å². The van der Waals surface area contributed by atoms with E-state index < -0.39 is 20.5 Å². The summed E-state index contributed by atoms with van der Waals surface area (Å²) < 4.78 is 25.5. The van der Waals surface area contributed by atoms with Crippen LogP contribution in [0.5, 0.6) is 0 Å². The number of nitrogens with zero attached hydrogens (tertiary/aromatic N) is 2. The molecule has 0 saturated carbocycles. The lowest BCUT2D eigenvalue weighted by molar-refractivity contribution is -0.116. The van der Waals surface area contributed by atoms with Crippen LogP contribution in [0.15, 0.2) is 23.4 Å². The number of Topliss-reactive ketones (excluding diaryl/α,β-unsaturated/α-hetero) is 1. The molecule has 94 valence electrons. The van der Waals surface area contributed by atoms with E-state index >= 15 is 0 Å². The van der Waals surface area contributed by atoms with Gasteiger partial charge in [-0.2, -0.15) is 0 Å². The Kier molecular flexibility index (Phi) is 2.99. The Bertz CT molecular complexity index is 508. The van der Waals surface area contributed by atoms with Crippen LogP contribution < -0.4 is 0 Å². The van der Waals surface area contributed by atoms with E-state index in [2.05, 4.69) is 0 Å². The highest BCUT2D eigenvalue weighted by Gasteiger charge is 2.49. The predicted molar refractivity (Wildman–Crippen MR) is 67.8 cm³/mol. The number of thioether (sulfide) groups is 1. The van der Waals surface area contributed by atoms with E-state index in [9.17, 15) is 13.2 Å². The van der Waals surface area contributed by atoms with Crippen LogP contribution in [-0.2, 0) is 14.8 Å². The van der Waals surface area contributed by atoms with E-state index in [0.717, 1.165) is 4.31 Å². The summed E-state index contributed by atoms with van der Waals surface area (Å²) in [6.07, 6.45) is 3.14. The van der Waals surface area contributed by atoms with E-state index in [1.807, 2.05) is 0 Å². The van der Waals surface area contributed by atoms with Crippen molar-refractivity contribution in [2.24, 2.45) is 0 Å². The summed E-state index contributed by atoms with van der Waals surface area (Å²) in [6, 6.07) is 0. The number of carbonyl (C=O) groups is 1. The van der Waals surface area contributed by atoms with Gasteiger partial charge in [-0.25, -0.2) is 8.42 Å². The number of sulfonamides is 1. The molecule has 0 unspecified atom stereocenters. The molecule has 2 aliphatic heterocycles. The van der Waals surface area contributed by atoms with E-state index in [0.29, 0.717) is 0 Å². The summed E-state index contributed by atoms with van der Waals surface area (Å²) >= 11 is 1.27. The number of likely N-dealkylation sites (N-methyl/N-ethyl adjacent to an activating group) is 1. The molecule has 2 rings (SSSR count). The van der Waals surface area contributed by atoms with Gasteiger partial charge in [0.15, 0.2) is 5.78 Å². The van der Waals surface area contributed by atoms with Crippen LogP contribution in [0.3, 0.4) is 0 Å². The molecule has 7 heteroatoms. The molecule has 1 fully saturated rings. The highest BCUT2D eigenvalue weighted by molar-refractivity contribution is 8.05. The smallest absolute Gasteiger partial charge is 0.243 e. The normalized spacial score (nSPS) is 33.0. The van der Waals surface area contributed by atoms with Gasteiger partial charge in [0.2, 0.25) is 10.0 Å². The Morgan fingerprint density at radius 2 is 2.12 bits per heavy atom. The van der Waals surface area contributed by atoms with Crippen molar-refractivity contribution >= 4 is 27.6 Å². The van der Waals surface area contributed by atoms with Crippen molar-refractivity contribution in [3.05, 3.63) is 23.4 Å². The van der Waals surface area contributed by atoms with Crippen molar-refractivity contribution in [3.63, 3.8) is 0 Å². The lowest BCUT2D eigenvalue weighted by atomic mass is 10.1. The van der Waals surface area contributed by atoms with Crippen LogP contribution in [0.4, 0.5) is 0 Å². The first-order valence-corrected chi connectivity index (χ1v) is 7.52. The minimum atomic E-state index is -3.46. The SMILES string of the molecule is CN(C)/C=C1\C(=O)[C@@H]2SC=C[C@@H]2S(=O)(=O)N1C. The molecule has 2 aliphatic rings. The van der Waals surface area contributed by atoms with Crippen LogP contribution in [-0.4, -0.2) is 55.0 Å². The third-order valence-corrected chi connectivity index (χ3v) is 6.11. The molecule has 0 aromatic rings. The van der Waals surface area contributed by atoms with E-state index in [1.165, 1.54) is 18.8 Å². The molecule has 2 heterocycles. The summed E-state index contributed by atoms with van der Waals surface area (Å²) in [5.41, 5.74) is 0.229. The van der Waals surface area contributed by atoms with Crippen molar-refractivity contribution in [3.8, 4) is 0 Å². The lowest BCUT2D eigenvalue weighted by Gasteiger charge is -2.33. The van der Waals surface area contributed by atoms with Crippen LogP contribution in [0.1, 0.15) is 0 Å². The fraction of sp³-hybridized carbons (Fsp3) is 0.500. The molecule has 0 amide bonds. The van der Waals surface area contributed by atoms with Gasteiger partial charge in [-0.15, -0.1) is 11.8 Å². The summed E-state index contributed by atoms with van der Waals surface area (Å²) in [7, 11) is 1.48. The molecule has 0 N–H and O–H groups in total. The van der Waals surface area contributed by atoms with Crippen molar-refractivity contribution < 1.29 is 13.2 Å². The minimum absolute atomic E-state index is 0.129. The monoisotopic (exact) mass is 274 g/mol. The largest absolute Gasteiger partial charge is 0.382 e.